The van der Waals surface area contributed by atoms with Gasteiger partial charge in [0.15, 0.2) is 16.8 Å². The topological polar surface area (TPSA) is 47.8 Å². The molecule has 30 heavy (non-hydrogen) atoms. The van der Waals surface area contributed by atoms with E-state index in [-0.39, 0.29) is 5.78 Å². The number of ketones is 1. The molecule has 0 N–H and O–H groups in total. The van der Waals surface area contributed by atoms with Crippen molar-refractivity contribution in [1.29, 1.82) is 0 Å². The third kappa shape index (κ3) is 4.07. The van der Waals surface area contributed by atoms with Gasteiger partial charge in [-0.15, -0.1) is 10.2 Å². The third-order valence-corrected chi connectivity index (χ3v) is 6.08. The van der Waals surface area contributed by atoms with Crippen LogP contribution < -0.4 is 0 Å². The Morgan fingerprint density at radius 2 is 1.47 bits per heavy atom. The van der Waals surface area contributed by atoms with Crippen molar-refractivity contribution in [3.8, 4) is 17.1 Å². The van der Waals surface area contributed by atoms with Crippen LogP contribution in [0.15, 0.2) is 78.0 Å². The fourth-order valence-corrected chi connectivity index (χ4v) is 4.25. The normalized spacial score (nSPS) is 10.9. The summed E-state index contributed by atoms with van der Waals surface area (Å²) in [5.41, 5.74) is 6.08. The van der Waals surface area contributed by atoms with Crippen molar-refractivity contribution in [2.75, 3.05) is 5.75 Å². The summed E-state index contributed by atoms with van der Waals surface area (Å²) in [6, 6.07) is 24.0. The third-order valence-electron chi connectivity index (χ3n) is 5.15. The minimum absolute atomic E-state index is 0.101. The maximum absolute atomic E-state index is 12.9. The molecule has 0 atom stereocenters. The lowest BCUT2D eigenvalue weighted by Crippen LogP contribution is -2.07. The number of nitrogens with zero attached hydrogens (tertiary/aromatic N) is 3. The number of carbonyl (C=O) groups is 1. The van der Waals surface area contributed by atoms with E-state index in [1.807, 2.05) is 85.1 Å². The van der Waals surface area contributed by atoms with Gasteiger partial charge in [0.25, 0.3) is 0 Å². The molecule has 4 nitrogen and oxygen atoms in total. The minimum Gasteiger partial charge on any atom is -0.293 e. The fourth-order valence-electron chi connectivity index (χ4n) is 3.42. The molecule has 0 radical (unpaired) electrons. The number of Topliss-reactive ketones (excluding diaryl/α,β-unsaturated/α-hetero) is 1. The van der Waals surface area contributed by atoms with Gasteiger partial charge in [0.2, 0.25) is 0 Å². The van der Waals surface area contributed by atoms with Crippen molar-refractivity contribution < 1.29 is 4.79 Å². The summed E-state index contributed by atoms with van der Waals surface area (Å²) in [4.78, 5) is 12.9. The van der Waals surface area contributed by atoms with Gasteiger partial charge < -0.3 is 0 Å². The van der Waals surface area contributed by atoms with Crippen LogP contribution in [0.25, 0.3) is 17.1 Å². The van der Waals surface area contributed by atoms with Gasteiger partial charge in [0.05, 0.1) is 5.75 Å². The first-order valence-electron chi connectivity index (χ1n) is 9.84. The number of para-hydroxylation sites is 1. The van der Waals surface area contributed by atoms with E-state index in [4.69, 9.17) is 0 Å². The second-order valence-electron chi connectivity index (χ2n) is 7.31. The van der Waals surface area contributed by atoms with Crippen LogP contribution in [0.2, 0.25) is 0 Å². The molecule has 0 aliphatic heterocycles. The maximum atomic E-state index is 12.9. The van der Waals surface area contributed by atoms with Gasteiger partial charge in [-0.2, -0.15) is 0 Å². The van der Waals surface area contributed by atoms with E-state index < -0.39 is 0 Å². The Morgan fingerprint density at radius 1 is 0.833 bits per heavy atom. The molecular weight excluding hydrogens is 390 g/mol. The standard InChI is InChI=1S/C25H23N3OS/c1-17-14-19(3)22(15-18(17)2)23(29)16-30-25-27-26-24(20-10-6-4-7-11-20)28(25)21-12-8-5-9-13-21/h4-15H,16H2,1-3H3. The second-order valence-corrected chi connectivity index (χ2v) is 8.25. The first kappa shape index (κ1) is 20.1. The van der Waals surface area contributed by atoms with E-state index in [2.05, 4.69) is 23.2 Å². The first-order chi connectivity index (χ1) is 14.5. The summed E-state index contributed by atoms with van der Waals surface area (Å²) < 4.78 is 2.01. The molecule has 0 unspecified atom stereocenters. The van der Waals surface area contributed by atoms with Crippen LogP contribution in [0.1, 0.15) is 27.0 Å². The average molecular weight is 414 g/mol. The predicted octanol–water partition coefficient (Wildman–Crippen LogP) is 5.83. The molecule has 3 aromatic carbocycles. The lowest BCUT2D eigenvalue weighted by Gasteiger charge is -2.11. The van der Waals surface area contributed by atoms with Gasteiger partial charge >= 0.3 is 0 Å². The van der Waals surface area contributed by atoms with Crippen LogP contribution in [0.5, 0.6) is 0 Å². The lowest BCUT2D eigenvalue weighted by molar-refractivity contribution is 0.102. The Labute approximate surface area is 181 Å². The van der Waals surface area contributed by atoms with E-state index in [0.29, 0.717) is 10.9 Å². The lowest BCUT2D eigenvalue weighted by atomic mass is 9.99. The highest BCUT2D eigenvalue weighted by molar-refractivity contribution is 7.99. The fraction of sp³-hybridized carbons (Fsp3) is 0.160. The Bertz CT molecular complexity index is 1180. The molecule has 0 aliphatic rings. The molecule has 0 fully saturated rings. The molecule has 4 aromatic rings. The largest absolute Gasteiger partial charge is 0.293 e. The van der Waals surface area contributed by atoms with Crippen molar-refractivity contribution in [2.45, 2.75) is 25.9 Å². The van der Waals surface area contributed by atoms with Gasteiger partial charge in [-0.25, -0.2) is 0 Å². The van der Waals surface area contributed by atoms with Crippen LogP contribution in [-0.4, -0.2) is 26.3 Å². The monoisotopic (exact) mass is 413 g/mol. The Morgan fingerprint density at radius 3 is 2.17 bits per heavy atom. The first-order valence-corrected chi connectivity index (χ1v) is 10.8. The zero-order chi connectivity index (χ0) is 21.1. The SMILES string of the molecule is Cc1cc(C)c(C(=O)CSc2nnc(-c3ccccc3)n2-c2ccccc2)cc1C. The highest BCUT2D eigenvalue weighted by Gasteiger charge is 2.18. The van der Waals surface area contributed by atoms with Crippen molar-refractivity contribution in [2.24, 2.45) is 0 Å². The summed E-state index contributed by atoms with van der Waals surface area (Å²) >= 11 is 1.42. The van der Waals surface area contributed by atoms with Crippen molar-refractivity contribution in [3.05, 3.63) is 95.1 Å². The summed E-state index contributed by atoms with van der Waals surface area (Å²) in [7, 11) is 0. The van der Waals surface area contributed by atoms with Crippen LogP contribution in [0.3, 0.4) is 0 Å². The smallest absolute Gasteiger partial charge is 0.196 e. The second kappa shape index (κ2) is 8.67. The van der Waals surface area contributed by atoms with Gasteiger partial charge in [-0.05, 0) is 55.7 Å². The molecule has 1 aromatic heterocycles. The molecule has 0 saturated carbocycles. The maximum Gasteiger partial charge on any atom is 0.196 e. The molecule has 1 heterocycles. The number of aryl methyl sites for hydroxylation is 3. The molecule has 0 spiro atoms. The molecule has 0 saturated heterocycles. The van der Waals surface area contributed by atoms with Crippen LogP contribution in [-0.2, 0) is 0 Å². The van der Waals surface area contributed by atoms with Crippen molar-refractivity contribution in [1.82, 2.24) is 14.8 Å². The van der Waals surface area contributed by atoms with Crippen LogP contribution in [0.4, 0.5) is 0 Å². The molecule has 0 amide bonds. The van der Waals surface area contributed by atoms with Gasteiger partial charge in [-0.3, -0.25) is 9.36 Å². The Balaban J connectivity index is 1.66. The molecular formula is C25H23N3OS. The molecule has 4 rings (SSSR count). The van der Waals surface area contributed by atoms with Gasteiger partial charge in [0, 0.05) is 16.8 Å². The highest BCUT2D eigenvalue weighted by atomic mass is 32.2. The molecule has 150 valence electrons. The van der Waals surface area contributed by atoms with E-state index in [1.54, 1.807) is 0 Å². The molecule has 5 heteroatoms. The summed E-state index contributed by atoms with van der Waals surface area (Å²) in [5, 5.41) is 9.55. The van der Waals surface area contributed by atoms with Crippen LogP contribution in [0, 0.1) is 20.8 Å². The Hall–Kier alpha value is -3.18. The van der Waals surface area contributed by atoms with Crippen LogP contribution >= 0.6 is 11.8 Å². The summed E-state index contributed by atoms with van der Waals surface area (Å²) in [6.07, 6.45) is 0. The summed E-state index contributed by atoms with van der Waals surface area (Å²) in [6.45, 7) is 6.10. The highest BCUT2D eigenvalue weighted by Crippen LogP contribution is 2.28. The van der Waals surface area contributed by atoms with E-state index in [1.165, 1.54) is 17.3 Å². The van der Waals surface area contributed by atoms with Crippen molar-refractivity contribution in [3.63, 3.8) is 0 Å². The van der Waals surface area contributed by atoms with Gasteiger partial charge in [0.1, 0.15) is 0 Å². The average Bonchev–Trinajstić information content (AvgIpc) is 3.20. The van der Waals surface area contributed by atoms with Gasteiger partial charge in [-0.1, -0.05) is 66.4 Å². The van der Waals surface area contributed by atoms with E-state index in [0.717, 1.165) is 33.8 Å². The number of hydrogen-bond acceptors (Lipinski definition) is 4. The van der Waals surface area contributed by atoms with E-state index >= 15 is 0 Å². The zero-order valence-electron chi connectivity index (χ0n) is 17.3. The quantitative estimate of drug-likeness (QED) is 0.294. The van der Waals surface area contributed by atoms with Crippen molar-refractivity contribution >= 4 is 17.5 Å². The Kier molecular flexibility index (Phi) is 5.81. The molecule has 0 aliphatic carbocycles. The molecule has 0 bridgehead atoms. The number of thioether (sulfide) groups is 1. The number of carbonyl (C=O) groups excluding carboxylic acids is 1. The minimum atomic E-state index is 0.101. The number of hydrogen-bond donors (Lipinski definition) is 0. The summed E-state index contributed by atoms with van der Waals surface area (Å²) in [5.74, 6) is 1.17. The number of aromatic nitrogens is 3. The predicted molar refractivity (Wildman–Crippen MR) is 123 cm³/mol. The number of benzene rings is 3. The number of rotatable bonds is 6. The van der Waals surface area contributed by atoms with E-state index in [9.17, 15) is 4.79 Å². The zero-order valence-corrected chi connectivity index (χ0v) is 18.1.